The highest BCUT2D eigenvalue weighted by molar-refractivity contribution is 7.89. The Kier molecular flexibility index (Phi) is 8.83. The fourth-order valence-corrected chi connectivity index (χ4v) is 2.54. The largest absolute Gasteiger partial charge is 0.385 e. The van der Waals surface area contributed by atoms with E-state index in [1.807, 2.05) is 0 Å². The predicted molar refractivity (Wildman–Crippen MR) is 65.8 cm³/mol. The Balaban J connectivity index is 3.81. The molecule has 0 aromatic carbocycles. The molecule has 0 aliphatic carbocycles. The maximum atomic E-state index is 11.7. The number of rotatable bonds is 10. The average Bonchev–Trinajstić information content (AvgIpc) is 2.24. The van der Waals surface area contributed by atoms with Crippen LogP contribution in [-0.4, -0.2) is 52.3 Å². The SMILES string of the molecule is COCCCS(=O)(=O)N(C)CCCCCN. The molecule has 16 heavy (non-hydrogen) atoms. The third-order valence-electron chi connectivity index (χ3n) is 2.40. The maximum absolute atomic E-state index is 11.7. The molecule has 2 N–H and O–H groups in total. The summed E-state index contributed by atoms with van der Waals surface area (Å²) in [6.07, 6.45) is 3.36. The van der Waals surface area contributed by atoms with Crippen molar-refractivity contribution in [3.63, 3.8) is 0 Å². The molecule has 0 unspecified atom stereocenters. The Bertz CT molecular complexity index is 255. The molecule has 0 aliphatic rings. The van der Waals surface area contributed by atoms with Crippen LogP contribution in [0.25, 0.3) is 0 Å². The van der Waals surface area contributed by atoms with Crippen LogP contribution in [0.5, 0.6) is 0 Å². The molecule has 0 aliphatic heterocycles. The molecular formula is C10H24N2O3S. The lowest BCUT2D eigenvalue weighted by Crippen LogP contribution is -2.30. The van der Waals surface area contributed by atoms with Crippen molar-refractivity contribution in [1.82, 2.24) is 4.31 Å². The number of hydrogen-bond acceptors (Lipinski definition) is 4. The Morgan fingerprint density at radius 1 is 1.19 bits per heavy atom. The number of nitrogens with zero attached hydrogens (tertiary/aromatic N) is 1. The van der Waals surface area contributed by atoms with E-state index in [1.54, 1.807) is 14.2 Å². The first-order chi connectivity index (χ1) is 7.54. The van der Waals surface area contributed by atoms with Gasteiger partial charge in [-0.3, -0.25) is 0 Å². The van der Waals surface area contributed by atoms with Crippen LogP contribution in [0.3, 0.4) is 0 Å². The van der Waals surface area contributed by atoms with Gasteiger partial charge in [-0.25, -0.2) is 12.7 Å². The van der Waals surface area contributed by atoms with Crippen molar-refractivity contribution in [2.75, 3.05) is 39.6 Å². The number of ether oxygens (including phenoxy) is 1. The molecule has 0 aromatic rings. The lowest BCUT2D eigenvalue weighted by Gasteiger charge is -2.16. The molecule has 0 bridgehead atoms. The van der Waals surface area contributed by atoms with E-state index >= 15 is 0 Å². The van der Waals surface area contributed by atoms with Crippen molar-refractivity contribution in [3.8, 4) is 0 Å². The lowest BCUT2D eigenvalue weighted by molar-refractivity contribution is 0.199. The van der Waals surface area contributed by atoms with Gasteiger partial charge in [-0.1, -0.05) is 6.42 Å². The number of hydrogen-bond donors (Lipinski definition) is 1. The second kappa shape index (κ2) is 8.92. The minimum Gasteiger partial charge on any atom is -0.385 e. The Morgan fingerprint density at radius 2 is 1.88 bits per heavy atom. The van der Waals surface area contributed by atoms with Crippen molar-refractivity contribution in [1.29, 1.82) is 0 Å². The minimum absolute atomic E-state index is 0.161. The molecule has 0 heterocycles. The molecule has 0 rings (SSSR count). The van der Waals surface area contributed by atoms with Gasteiger partial charge in [0.1, 0.15) is 0 Å². The van der Waals surface area contributed by atoms with Gasteiger partial charge >= 0.3 is 0 Å². The van der Waals surface area contributed by atoms with Crippen LogP contribution in [0, 0.1) is 0 Å². The highest BCUT2D eigenvalue weighted by atomic mass is 32.2. The average molecular weight is 252 g/mol. The van der Waals surface area contributed by atoms with Crippen molar-refractivity contribution in [2.24, 2.45) is 5.73 Å². The van der Waals surface area contributed by atoms with Gasteiger partial charge in [-0.15, -0.1) is 0 Å². The molecule has 98 valence electrons. The van der Waals surface area contributed by atoms with E-state index < -0.39 is 10.0 Å². The molecule has 6 heteroatoms. The van der Waals surface area contributed by atoms with Gasteiger partial charge in [-0.05, 0) is 25.8 Å². The normalized spacial score (nSPS) is 12.2. The molecule has 0 fully saturated rings. The predicted octanol–water partition coefficient (Wildman–Crippen LogP) is 0.414. The standard InChI is InChI=1S/C10H24N2O3S/c1-12(8-5-3-4-7-11)16(13,14)10-6-9-15-2/h3-11H2,1-2H3. The molecule has 0 aromatic heterocycles. The monoisotopic (exact) mass is 252 g/mol. The summed E-state index contributed by atoms with van der Waals surface area (Å²) in [7, 11) is 0.104. The topological polar surface area (TPSA) is 72.6 Å². The van der Waals surface area contributed by atoms with Crippen LogP contribution >= 0.6 is 0 Å². The van der Waals surface area contributed by atoms with E-state index in [9.17, 15) is 8.42 Å². The van der Waals surface area contributed by atoms with E-state index in [1.165, 1.54) is 4.31 Å². The molecule has 0 amide bonds. The van der Waals surface area contributed by atoms with Gasteiger partial charge in [0.05, 0.1) is 5.75 Å². The second-order valence-corrected chi connectivity index (χ2v) is 6.03. The quantitative estimate of drug-likeness (QED) is 0.572. The zero-order chi connectivity index (χ0) is 12.4. The molecule has 0 spiro atoms. The van der Waals surface area contributed by atoms with Crippen LogP contribution in [0.1, 0.15) is 25.7 Å². The zero-order valence-corrected chi connectivity index (χ0v) is 11.1. The summed E-state index contributed by atoms with van der Waals surface area (Å²) in [4.78, 5) is 0. The molecule has 0 saturated heterocycles. The highest BCUT2D eigenvalue weighted by Gasteiger charge is 2.16. The van der Waals surface area contributed by atoms with Crippen LogP contribution < -0.4 is 5.73 Å². The van der Waals surface area contributed by atoms with Crippen LogP contribution in [0.15, 0.2) is 0 Å². The fourth-order valence-electron chi connectivity index (χ4n) is 1.34. The van der Waals surface area contributed by atoms with Crippen molar-refractivity contribution in [2.45, 2.75) is 25.7 Å². The first-order valence-corrected chi connectivity index (χ1v) is 7.28. The second-order valence-electron chi connectivity index (χ2n) is 3.83. The van der Waals surface area contributed by atoms with Crippen LogP contribution in [0.2, 0.25) is 0 Å². The van der Waals surface area contributed by atoms with Gasteiger partial charge < -0.3 is 10.5 Å². The molecule has 0 atom stereocenters. The fraction of sp³-hybridized carbons (Fsp3) is 1.00. The number of methoxy groups -OCH3 is 1. The summed E-state index contributed by atoms with van der Waals surface area (Å²) in [6.45, 7) is 1.74. The van der Waals surface area contributed by atoms with E-state index in [2.05, 4.69) is 0 Å². The number of unbranched alkanes of at least 4 members (excludes halogenated alkanes) is 2. The Morgan fingerprint density at radius 3 is 2.44 bits per heavy atom. The van der Waals surface area contributed by atoms with Crippen LogP contribution in [-0.2, 0) is 14.8 Å². The van der Waals surface area contributed by atoms with Gasteiger partial charge in [0.25, 0.3) is 0 Å². The summed E-state index contributed by atoms with van der Waals surface area (Å²) in [6, 6.07) is 0. The zero-order valence-electron chi connectivity index (χ0n) is 10.3. The van der Waals surface area contributed by atoms with E-state index in [-0.39, 0.29) is 5.75 Å². The van der Waals surface area contributed by atoms with Gasteiger partial charge in [-0.2, -0.15) is 0 Å². The summed E-state index contributed by atoms with van der Waals surface area (Å²) in [5, 5.41) is 0. The molecule has 0 saturated carbocycles. The van der Waals surface area contributed by atoms with Crippen LogP contribution in [0.4, 0.5) is 0 Å². The first-order valence-electron chi connectivity index (χ1n) is 5.67. The van der Waals surface area contributed by atoms with Gasteiger partial charge in [0.15, 0.2) is 0 Å². The lowest BCUT2D eigenvalue weighted by atomic mass is 10.2. The highest BCUT2D eigenvalue weighted by Crippen LogP contribution is 2.04. The van der Waals surface area contributed by atoms with E-state index in [0.717, 1.165) is 19.3 Å². The van der Waals surface area contributed by atoms with Gasteiger partial charge in [0, 0.05) is 27.3 Å². The molecule has 5 nitrogen and oxygen atoms in total. The Labute approximate surface area is 99.0 Å². The third-order valence-corrected chi connectivity index (χ3v) is 4.34. The summed E-state index contributed by atoms with van der Waals surface area (Å²) in [5.74, 6) is 0.161. The van der Waals surface area contributed by atoms with Crippen molar-refractivity contribution < 1.29 is 13.2 Å². The van der Waals surface area contributed by atoms with E-state index in [4.69, 9.17) is 10.5 Å². The third kappa shape index (κ3) is 7.16. The smallest absolute Gasteiger partial charge is 0.213 e. The number of sulfonamides is 1. The maximum Gasteiger partial charge on any atom is 0.213 e. The number of nitrogens with two attached hydrogens (primary N) is 1. The minimum atomic E-state index is -3.10. The summed E-state index contributed by atoms with van der Waals surface area (Å²) >= 11 is 0. The van der Waals surface area contributed by atoms with Crippen molar-refractivity contribution in [3.05, 3.63) is 0 Å². The first kappa shape index (κ1) is 15.8. The Hall–Kier alpha value is -0.170. The van der Waals surface area contributed by atoms with E-state index in [0.29, 0.717) is 26.1 Å². The molecule has 0 radical (unpaired) electrons. The summed E-state index contributed by atoms with van der Waals surface area (Å²) in [5.41, 5.74) is 5.37. The van der Waals surface area contributed by atoms with Gasteiger partial charge in [0.2, 0.25) is 10.0 Å². The van der Waals surface area contributed by atoms with Crippen molar-refractivity contribution >= 4 is 10.0 Å². The molecular weight excluding hydrogens is 228 g/mol. The summed E-state index contributed by atoms with van der Waals surface area (Å²) < 4.78 is 29.7.